The largest absolute Gasteiger partial charge is 0.354 e. The number of hydrogen-bond donors (Lipinski definition) is 1. The molecule has 2 aliphatic heterocycles. The SMILES string of the molecule is O=C(CN1C(=O)[C@@H](C(=O)N2CCCCC2)Sc2ccccc21)NCCC1=CCCCC1. The molecular formula is C24H31N3O3S. The lowest BCUT2D eigenvalue weighted by Crippen LogP contribution is -2.52. The number of carbonyl (C=O) groups excluding carboxylic acids is 3. The summed E-state index contributed by atoms with van der Waals surface area (Å²) < 4.78 is 0. The van der Waals surface area contributed by atoms with Gasteiger partial charge in [-0.25, -0.2) is 0 Å². The number of likely N-dealkylation sites (tertiary alicyclic amines) is 1. The Balaban J connectivity index is 1.42. The Kier molecular flexibility index (Phi) is 7.33. The predicted molar refractivity (Wildman–Crippen MR) is 123 cm³/mol. The first-order chi connectivity index (χ1) is 15.1. The number of nitrogens with one attached hydrogen (secondary N) is 1. The molecule has 0 unspecified atom stereocenters. The molecule has 0 spiro atoms. The van der Waals surface area contributed by atoms with E-state index in [1.807, 2.05) is 29.2 Å². The maximum Gasteiger partial charge on any atom is 0.250 e. The minimum Gasteiger partial charge on any atom is -0.354 e. The Bertz CT molecular complexity index is 863. The molecule has 0 radical (unpaired) electrons. The van der Waals surface area contributed by atoms with Gasteiger partial charge in [0, 0.05) is 24.5 Å². The van der Waals surface area contributed by atoms with Gasteiger partial charge >= 0.3 is 0 Å². The van der Waals surface area contributed by atoms with Crippen LogP contribution in [0.3, 0.4) is 0 Å². The highest BCUT2D eigenvalue weighted by Gasteiger charge is 2.40. The van der Waals surface area contributed by atoms with E-state index in [0.717, 1.165) is 43.4 Å². The van der Waals surface area contributed by atoms with Gasteiger partial charge in [-0.1, -0.05) is 23.8 Å². The van der Waals surface area contributed by atoms with Crippen molar-refractivity contribution in [3.05, 3.63) is 35.9 Å². The Morgan fingerprint density at radius 1 is 1.06 bits per heavy atom. The Morgan fingerprint density at radius 3 is 2.65 bits per heavy atom. The van der Waals surface area contributed by atoms with Gasteiger partial charge in [0.1, 0.15) is 6.54 Å². The maximum atomic E-state index is 13.3. The van der Waals surface area contributed by atoms with Gasteiger partial charge in [-0.15, -0.1) is 11.8 Å². The molecule has 166 valence electrons. The van der Waals surface area contributed by atoms with Crippen LogP contribution in [0.25, 0.3) is 0 Å². The molecule has 31 heavy (non-hydrogen) atoms. The zero-order valence-electron chi connectivity index (χ0n) is 18.0. The van der Waals surface area contributed by atoms with Gasteiger partial charge in [-0.2, -0.15) is 0 Å². The summed E-state index contributed by atoms with van der Waals surface area (Å²) >= 11 is 1.31. The van der Waals surface area contributed by atoms with Crippen molar-refractivity contribution in [2.45, 2.75) is 61.5 Å². The lowest BCUT2D eigenvalue weighted by molar-refractivity contribution is -0.135. The zero-order valence-corrected chi connectivity index (χ0v) is 18.8. The van der Waals surface area contributed by atoms with Crippen LogP contribution in [-0.2, 0) is 14.4 Å². The van der Waals surface area contributed by atoms with E-state index in [-0.39, 0.29) is 24.3 Å². The molecule has 7 heteroatoms. The third-order valence-electron chi connectivity index (χ3n) is 6.24. The highest BCUT2D eigenvalue weighted by atomic mass is 32.2. The van der Waals surface area contributed by atoms with E-state index < -0.39 is 5.25 Å². The van der Waals surface area contributed by atoms with Crippen LogP contribution in [0.5, 0.6) is 0 Å². The maximum absolute atomic E-state index is 13.3. The van der Waals surface area contributed by atoms with Crippen LogP contribution in [0.4, 0.5) is 5.69 Å². The average molecular weight is 442 g/mol. The van der Waals surface area contributed by atoms with E-state index in [1.165, 1.54) is 35.1 Å². The topological polar surface area (TPSA) is 69.7 Å². The summed E-state index contributed by atoms with van der Waals surface area (Å²) in [6.07, 6.45) is 11.0. The Morgan fingerprint density at radius 2 is 1.87 bits per heavy atom. The average Bonchev–Trinajstić information content (AvgIpc) is 2.81. The molecule has 4 rings (SSSR count). The van der Waals surface area contributed by atoms with Crippen LogP contribution in [-0.4, -0.2) is 54.1 Å². The third kappa shape index (κ3) is 5.32. The van der Waals surface area contributed by atoms with Gasteiger partial charge in [0.15, 0.2) is 5.25 Å². The summed E-state index contributed by atoms with van der Waals surface area (Å²) in [7, 11) is 0. The monoisotopic (exact) mass is 441 g/mol. The minimum atomic E-state index is -0.812. The predicted octanol–water partition coefficient (Wildman–Crippen LogP) is 3.51. The fourth-order valence-electron chi connectivity index (χ4n) is 4.51. The number of benzene rings is 1. The van der Waals surface area contributed by atoms with Gasteiger partial charge in [0.2, 0.25) is 11.8 Å². The highest BCUT2D eigenvalue weighted by Crippen LogP contribution is 2.39. The molecule has 1 aliphatic carbocycles. The number of nitrogens with zero attached hydrogens (tertiary/aromatic N) is 2. The second-order valence-electron chi connectivity index (χ2n) is 8.48. The summed E-state index contributed by atoms with van der Waals surface area (Å²) in [5.74, 6) is -0.598. The molecule has 1 aromatic carbocycles. The first kappa shape index (κ1) is 21.9. The molecule has 2 heterocycles. The molecule has 1 atom stereocenters. The quantitative estimate of drug-likeness (QED) is 0.542. The normalized spacial score (nSPS) is 21.4. The van der Waals surface area contributed by atoms with Crippen molar-refractivity contribution in [2.24, 2.45) is 0 Å². The van der Waals surface area contributed by atoms with Crippen molar-refractivity contribution >= 4 is 35.2 Å². The number of amides is 3. The molecule has 1 N–H and O–H groups in total. The highest BCUT2D eigenvalue weighted by molar-refractivity contribution is 8.01. The van der Waals surface area contributed by atoms with Crippen LogP contribution in [0.2, 0.25) is 0 Å². The van der Waals surface area contributed by atoms with Crippen LogP contribution in [0.1, 0.15) is 51.4 Å². The lowest BCUT2D eigenvalue weighted by Gasteiger charge is -2.36. The van der Waals surface area contributed by atoms with E-state index >= 15 is 0 Å². The Hall–Kier alpha value is -2.28. The van der Waals surface area contributed by atoms with E-state index in [9.17, 15) is 14.4 Å². The number of rotatable bonds is 6. The summed E-state index contributed by atoms with van der Waals surface area (Å²) in [5, 5.41) is 2.15. The van der Waals surface area contributed by atoms with Crippen molar-refractivity contribution < 1.29 is 14.4 Å². The smallest absolute Gasteiger partial charge is 0.250 e. The second-order valence-corrected chi connectivity index (χ2v) is 9.63. The van der Waals surface area contributed by atoms with E-state index in [1.54, 1.807) is 0 Å². The van der Waals surface area contributed by atoms with Crippen molar-refractivity contribution in [3.8, 4) is 0 Å². The number of piperidine rings is 1. The van der Waals surface area contributed by atoms with Crippen molar-refractivity contribution in [1.82, 2.24) is 10.2 Å². The van der Waals surface area contributed by atoms with Crippen LogP contribution in [0.15, 0.2) is 40.8 Å². The molecule has 3 aliphatic rings. The van der Waals surface area contributed by atoms with Gasteiger partial charge in [0.25, 0.3) is 5.91 Å². The van der Waals surface area contributed by atoms with Crippen LogP contribution >= 0.6 is 11.8 Å². The molecule has 0 aromatic heterocycles. The first-order valence-corrected chi connectivity index (χ1v) is 12.3. The lowest BCUT2D eigenvalue weighted by atomic mass is 9.97. The minimum absolute atomic E-state index is 0.0563. The molecular weight excluding hydrogens is 410 g/mol. The van der Waals surface area contributed by atoms with Gasteiger partial charge in [0.05, 0.1) is 5.69 Å². The zero-order chi connectivity index (χ0) is 21.6. The number of allylic oxidation sites excluding steroid dienone is 1. The standard InChI is InChI=1S/C24H31N3O3S/c28-21(25-14-13-18-9-3-1-4-10-18)17-27-19-11-5-6-12-20(19)31-22(24(27)30)23(29)26-15-7-2-8-16-26/h5-6,9,11-12,22H,1-4,7-8,10,13-17H2,(H,25,28)/t22-/m1/s1. The number of para-hydroxylation sites is 1. The third-order valence-corrected chi connectivity index (χ3v) is 7.48. The van der Waals surface area contributed by atoms with E-state index in [2.05, 4.69) is 11.4 Å². The van der Waals surface area contributed by atoms with Gasteiger partial charge in [-0.3, -0.25) is 14.4 Å². The Labute approximate surface area is 188 Å². The molecule has 1 saturated heterocycles. The number of hydrogen-bond acceptors (Lipinski definition) is 4. The molecule has 1 fully saturated rings. The van der Waals surface area contributed by atoms with Gasteiger partial charge in [-0.05, 0) is 63.5 Å². The number of anilines is 1. The summed E-state index contributed by atoms with van der Waals surface area (Å²) in [5.41, 5.74) is 2.12. The molecule has 6 nitrogen and oxygen atoms in total. The van der Waals surface area contributed by atoms with E-state index in [4.69, 9.17) is 0 Å². The molecule has 3 amide bonds. The summed E-state index contributed by atoms with van der Waals surface area (Å²) in [6.45, 7) is 1.95. The van der Waals surface area contributed by atoms with Crippen molar-refractivity contribution in [2.75, 3.05) is 31.1 Å². The summed E-state index contributed by atoms with van der Waals surface area (Å²) in [4.78, 5) is 43.2. The number of fused-ring (bicyclic) bond motifs is 1. The fourth-order valence-corrected chi connectivity index (χ4v) is 5.70. The first-order valence-electron chi connectivity index (χ1n) is 11.4. The van der Waals surface area contributed by atoms with E-state index in [0.29, 0.717) is 25.3 Å². The second kappa shape index (κ2) is 10.4. The molecule has 1 aromatic rings. The van der Waals surface area contributed by atoms with Crippen molar-refractivity contribution in [3.63, 3.8) is 0 Å². The number of thioether (sulfide) groups is 1. The number of carbonyl (C=O) groups is 3. The van der Waals surface area contributed by atoms with Crippen molar-refractivity contribution in [1.29, 1.82) is 0 Å². The van der Waals surface area contributed by atoms with Crippen LogP contribution < -0.4 is 10.2 Å². The molecule has 0 bridgehead atoms. The summed E-state index contributed by atoms with van der Waals surface area (Å²) in [6, 6.07) is 7.53. The molecule has 0 saturated carbocycles. The van der Waals surface area contributed by atoms with Gasteiger partial charge < -0.3 is 15.1 Å². The fraction of sp³-hybridized carbons (Fsp3) is 0.542. The van der Waals surface area contributed by atoms with Crippen LogP contribution in [0, 0.1) is 0 Å².